The smallest absolute Gasteiger partial charge is 0.414 e. The van der Waals surface area contributed by atoms with Crippen LogP contribution in [0.25, 0.3) is 0 Å². The van der Waals surface area contributed by atoms with Gasteiger partial charge >= 0.3 is 18.3 Å². The number of rotatable bonds is 19. The average molecular weight is 802 g/mol. The number of alkyl carbamates (subject to hydrolysis) is 2. The van der Waals surface area contributed by atoms with E-state index >= 15 is 0 Å². The van der Waals surface area contributed by atoms with Gasteiger partial charge < -0.3 is 35.3 Å². The molecule has 0 aliphatic rings. The molecule has 0 heterocycles. The number of aliphatic imine (C=N–C) groups is 1. The molecule has 0 saturated carbocycles. The minimum atomic E-state index is -1.37. The predicted molar refractivity (Wildman–Crippen MR) is 205 cm³/mol. The number of unbranched alkanes of at least 4 members (excludes halogenated alkanes) is 3. The van der Waals surface area contributed by atoms with Crippen molar-refractivity contribution >= 4 is 65.0 Å². The van der Waals surface area contributed by atoms with Gasteiger partial charge in [-0.2, -0.15) is 0 Å². The molecule has 0 aromatic heterocycles. The van der Waals surface area contributed by atoms with Crippen LogP contribution in [0.1, 0.15) is 104 Å². The van der Waals surface area contributed by atoms with Crippen LogP contribution in [-0.2, 0) is 19.1 Å². The lowest BCUT2D eigenvalue weighted by Crippen LogP contribution is -2.47. The lowest BCUT2D eigenvalue weighted by atomic mass is 10.0. The monoisotopic (exact) mass is 800 g/mol. The van der Waals surface area contributed by atoms with E-state index in [9.17, 15) is 33.9 Å². The van der Waals surface area contributed by atoms with Crippen LogP contribution in [0.5, 0.6) is 5.75 Å². The predicted octanol–water partition coefficient (Wildman–Crippen LogP) is 6.14. The van der Waals surface area contributed by atoms with Crippen molar-refractivity contribution in [3.63, 3.8) is 0 Å². The summed E-state index contributed by atoms with van der Waals surface area (Å²) in [6.07, 6.45) is 0.444. The Kier molecular flexibility index (Phi) is 20.4. The number of nitrogens with one attached hydrogen (secondary N) is 5. The molecule has 0 spiro atoms. The molecule has 0 radical (unpaired) electrons. The summed E-state index contributed by atoms with van der Waals surface area (Å²) < 4.78 is 15.9. The summed E-state index contributed by atoms with van der Waals surface area (Å²) in [7, 11) is 0. The van der Waals surface area contributed by atoms with Gasteiger partial charge in [-0.05, 0) is 91.4 Å². The van der Waals surface area contributed by atoms with E-state index in [4.69, 9.17) is 37.4 Å². The number of carbonyl (C=O) groups excluding carboxylic acids is 5. The maximum absolute atomic E-state index is 12.7. The van der Waals surface area contributed by atoms with Crippen molar-refractivity contribution in [1.82, 2.24) is 26.6 Å². The molecule has 1 unspecified atom stereocenters. The average Bonchev–Trinajstić information content (AvgIpc) is 3.05. The normalized spacial score (nSPS) is 11.6. The maximum Gasteiger partial charge on any atom is 0.414 e. The van der Waals surface area contributed by atoms with Crippen LogP contribution in [0, 0.1) is 0 Å². The van der Waals surface area contributed by atoms with Crippen LogP contribution in [0.15, 0.2) is 29.3 Å². The first kappa shape index (κ1) is 47.5. The van der Waals surface area contributed by atoms with Crippen molar-refractivity contribution < 1.29 is 48.1 Å². The lowest BCUT2D eigenvalue weighted by Gasteiger charge is -2.22. The third-order valence-electron chi connectivity index (χ3n) is 6.90. The van der Waals surface area contributed by atoms with Crippen LogP contribution >= 0.6 is 23.2 Å². The zero-order valence-electron chi connectivity index (χ0n) is 32.0. The first-order chi connectivity index (χ1) is 25.1. The number of guanidine groups is 1. The largest absolute Gasteiger partial charge is 0.482 e. The molecule has 302 valence electrons. The molecule has 0 bridgehead atoms. The summed E-state index contributed by atoms with van der Waals surface area (Å²) in [5.41, 5.74) is -1.02. The maximum atomic E-state index is 12.7. The van der Waals surface area contributed by atoms with E-state index in [1.54, 1.807) is 48.5 Å². The minimum absolute atomic E-state index is 0.0158. The van der Waals surface area contributed by atoms with E-state index in [-0.39, 0.29) is 65.0 Å². The standard InChI is InChI=1S/C36H54Cl2N6O10/c1-9-22(2)29(46)23-16-17-25(28(38)27(23)37)52-21-26(45)39-18-12-10-11-13-19-40-30(47)24(42-32(48)49)15-14-20-41-31(43-33(50)53-35(3,4)5)44-34(51)54-36(6,7)8/h16-17,24,42H,2,9-15,18-21H2,1,3-8H3,(H,39,45)(H,40,47)(H,48,49)(H2,41,43,44,50,51). The fourth-order valence-corrected chi connectivity index (χ4v) is 4.81. The minimum Gasteiger partial charge on any atom is -0.482 e. The van der Waals surface area contributed by atoms with Gasteiger partial charge in [0, 0.05) is 25.2 Å². The van der Waals surface area contributed by atoms with Crippen LogP contribution < -0.4 is 31.3 Å². The van der Waals surface area contributed by atoms with Crippen molar-refractivity contribution in [3.05, 3.63) is 39.9 Å². The van der Waals surface area contributed by atoms with Crippen LogP contribution in [0.4, 0.5) is 14.4 Å². The second kappa shape index (κ2) is 23.3. The summed E-state index contributed by atoms with van der Waals surface area (Å²) in [6, 6.07) is 1.89. The van der Waals surface area contributed by atoms with Gasteiger partial charge in [-0.3, -0.25) is 30.0 Å². The van der Waals surface area contributed by atoms with E-state index in [0.717, 1.165) is 12.8 Å². The summed E-state index contributed by atoms with van der Waals surface area (Å²) in [5.74, 6) is -1.26. The van der Waals surface area contributed by atoms with Gasteiger partial charge in [0.15, 0.2) is 12.4 Å². The Bertz CT molecular complexity index is 1490. The molecule has 5 amide bonds. The zero-order chi connectivity index (χ0) is 41.1. The Balaban J connectivity index is 2.49. The molecule has 0 aliphatic carbocycles. The molecule has 1 aromatic rings. The van der Waals surface area contributed by atoms with E-state index < -0.39 is 41.4 Å². The molecule has 0 aliphatic heterocycles. The third kappa shape index (κ3) is 20.0. The number of ketones is 1. The van der Waals surface area contributed by atoms with Gasteiger partial charge in [0.2, 0.25) is 11.9 Å². The first-order valence-electron chi connectivity index (χ1n) is 17.5. The van der Waals surface area contributed by atoms with E-state index in [2.05, 4.69) is 38.2 Å². The number of benzene rings is 1. The molecule has 1 aromatic carbocycles. The van der Waals surface area contributed by atoms with Crippen molar-refractivity contribution in [1.29, 1.82) is 0 Å². The topological polar surface area (TPSA) is 223 Å². The van der Waals surface area contributed by atoms with Crippen LogP contribution in [0.3, 0.4) is 0 Å². The van der Waals surface area contributed by atoms with Gasteiger partial charge in [0.1, 0.15) is 28.0 Å². The first-order valence-corrected chi connectivity index (χ1v) is 18.3. The van der Waals surface area contributed by atoms with E-state index in [1.807, 2.05) is 0 Å². The second-order valence-corrected chi connectivity index (χ2v) is 14.8. The van der Waals surface area contributed by atoms with Crippen molar-refractivity contribution in [2.24, 2.45) is 4.99 Å². The highest BCUT2D eigenvalue weighted by Crippen LogP contribution is 2.35. The number of ether oxygens (including phenoxy) is 3. The molecule has 0 fully saturated rings. The number of carboxylic acid groups (broad SMARTS) is 1. The van der Waals surface area contributed by atoms with Gasteiger partial charge in [-0.15, -0.1) is 0 Å². The van der Waals surface area contributed by atoms with Gasteiger partial charge in [-0.25, -0.2) is 14.4 Å². The zero-order valence-corrected chi connectivity index (χ0v) is 33.6. The van der Waals surface area contributed by atoms with Crippen molar-refractivity contribution in [2.45, 2.75) is 111 Å². The highest BCUT2D eigenvalue weighted by atomic mass is 35.5. The fourth-order valence-electron chi connectivity index (χ4n) is 4.35. The van der Waals surface area contributed by atoms with Crippen molar-refractivity contribution in [2.75, 3.05) is 26.2 Å². The number of hydrogen-bond acceptors (Lipinski definition) is 10. The number of nitrogens with zero attached hydrogens (tertiary/aromatic N) is 1. The van der Waals surface area contributed by atoms with Crippen molar-refractivity contribution in [3.8, 4) is 5.75 Å². The summed E-state index contributed by atoms with van der Waals surface area (Å²) in [6.45, 7) is 15.9. The number of amides is 5. The Morgan fingerprint density at radius 3 is 1.91 bits per heavy atom. The Hall–Kier alpha value is -4.57. The number of Topliss-reactive ketones (excluding diaryl/α,β-unsaturated/α-hetero) is 1. The summed E-state index contributed by atoms with van der Waals surface area (Å²) in [4.78, 5) is 77.5. The molecule has 6 N–H and O–H groups in total. The van der Waals surface area contributed by atoms with E-state index in [1.165, 1.54) is 12.1 Å². The Labute approximate surface area is 326 Å². The van der Waals surface area contributed by atoms with Crippen LogP contribution in [-0.4, -0.2) is 90.4 Å². The quantitative estimate of drug-likeness (QED) is 0.0308. The van der Waals surface area contributed by atoms with Gasteiger partial charge in [0.25, 0.3) is 5.91 Å². The molecule has 1 rings (SSSR count). The summed E-state index contributed by atoms with van der Waals surface area (Å²) >= 11 is 12.5. The number of halogens is 2. The SMILES string of the molecule is C=C(CC)C(=O)c1ccc(OCC(=O)NCCCCCCNC(=O)C(CCCN=C(NC(=O)OC(C)(C)C)NC(=O)OC(C)(C)C)NC(=O)O)c(Cl)c1Cl. The van der Waals surface area contributed by atoms with Gasteiger partial charge in [-0.1, -0.05) is 49.5 Å². The molecular weight excluding hydrogens is 747 g/mol. The highest BCUT2D eigenvalue weighted by Gasteiger charge is 2.23. The Morgan fingerprint density at radius 1 is 0.833 bits per heavy atom. The lowest BCUT2D eigenvalue weighted by molar-refractivity contribution is -0.123. The van der Waals surface area contributed by atoms with Crippen LogP contribution in [0.2, 0.25) is 10.0 Å². The number of carbonyl (C=O) groups is 6. The molecule has 18 heteroatoms. The molecule has 0 saturated heterocycles. The fraction of sp³-hybridized carbons (Fsp3) is 0.583. The molecule has 1 atom stereocenters. The molecule has 54 heavy (non-hydrogen) atoms. The Morgan fingerprint density at radius 2 is 1.39 bits per heavy atom. The van der Waals surface area contributed by atoms with E-state index in [0.29, 0.717) is 37.9 Å². The number of allylic oxidation sites excluding steroid dienone is 1. The third-order valence-corrected chi connectivity index (χ3v) is 7.76. The molecular formula is C36H54Cl2N6O10. The number of hydrogen-bond donors (Lipinski definition) is 6. The summed E-state index contributed by atoms with van der Waals surface area (Å²) in [5, 5.41) is 21.7. The highest BCUT2D eigenvalue weighted by molar-refractivity contribution is 6.45. The second-order valence-electron chi connectivity index (χ2n) is 14.0. The van der Waals surface area contributed by atoms with Gasteiger partial charge in [0.05, 0.1) is 5.02 Å². The molecule has 16 nitrogen and oxygen atoms in total.